The van der Waals surface area contributed by atoms with Gasteiger partial charge in [0.05, 0.1) is 12.3 Å². The second-order valence-corrected chi connectivity index (χ2v) is 8.48. The maximum Gasteiger partial charge on any atom is 0.227 e. The Bertz CT molecular complexity index is 845. The molecule has 2 aromatic rings. The van der Waals surface area contributed by atoms with Crippen molar-refractivity contribution in [2.24, 2.45) is 0 Å². The molecular formula is C25H33N3O2. The number of anilines is 2. The number of nitrogens with zero attached hydrogens (tertiary/aromatic N) is 3. The highest BCUT2D eigenvalue weighted by Gasteiger charge is 2.28. The summed E-state index contributed by atoms with van der Waals surface area (Å²) in [5, 5.41) is 0. The van der Waals surface area contributed by atoms with Crippen molar-refractivity contribution in [2.45, 2.75) is 39.2 Å². The molecule has 2 heterocycles. The first kappa shape index (κ1) is 20.7. The van der Waals surface area contributed by atoms with Gasteiger partial charge in [-0.3, -0.25) is 9.69 Å². The molecule has 0 aliphatic carbocycles. The predicted molar refractivity (Wildman–Crippen MR) is 123 cm³/mol. The second-order valence-electron chi connectivity index (χ2n) is 8.48. The highest BCUT2D eigenvalue weighted by atomic mass is 16.5. The van der Waals surface area contributed by atoms with E-state index >= 15 is 0 Å². The summed E-state index contributed by atoms with van der Waals surface area (Å²) in [5.41, 5.74) is 3.53. The average molecular weight is 408 g/mol. The molecular weight excluding hydrogens is 374 g/mol. The van der Waals surface area contributed by atoms with E-state index in [1.807, 2.05) is 23.1 Å². The molecule has 1 fully saturated rings. The lowest BCUT2D eigenvalue weighted by Crippen LogP contribution is -2.46. The molecule has 160 valence electrons. The summed E-state index contributed by atoms with van der Waals surface area (Å²) < 4.78 is 6.17. The van der Waals surface area contributed by atoms with Gasteiger partial charge in [0.25, 0.3) is 0 Å². The summed E-state index contributed by atoms with van der Waals surface area (Å²) in [5.74, 6) is 1.16. The third kappa shape index (κ3) is 4.62. The number of carbonyl (C=O) groups excluding carboxylic acids is 1. The van der Waals surface area contributed by atoms with E-state index in [-0.39, 0.29) is 11.9 Å². The van der Waals surface area contributed by atoms with Crippen molar-refractivity contribution in [3.8, 4) is 5.75 Å². The van der Waals surface area contributed by atoms with E-state index < -0.39 is 0 Å². The molecule has 2 aliphatic rings. The highest BCUT2D eigenvalue weighted by molar-refractivity contribution is 5.97. The van der Waals surface area contributed by atoms with Crippen molar-refractivity contribution >= 4 is 17.3 Å². The van der Waals surface area contributed by atoms with Crippen molar-refractivity contribution in [1.82, 2.24) is 4.90 Å². The van der Waals surface area contributed by atoms with E-state index in [1.165, 1.54) is 11.3 Å². The third-order valence-corrected chi connectivity index (χ3v) is 6.11. The predicted octanol–water partition coefficient (Wildman–Crippen LogP) is 3.97. The first-order valence-corrected chi connectivity index (χ1v) is 11.2. The zero-order valence-corrected chi connectivity index (χ0v) is 18.2. The minimum Gasteiger partial charge on any atom is -0.493 e. The van der Waals surface area contributed by atoms with Gasteiger partial charge in [-0.2, -0.15) is 0 Å². The van der Waals surface area contributed by atoms with Crippen LogP contribution in [0.15, 0.2) is 48.5 Å². The van der Waals surface area contributed by atoms with Gasteiger partial charge in [-0.25, -0.2) is 0 Å². The van der Waals surface area contributed by atoms with Crippen LogP contribution in [-0.4, -0.2) is 56.2 Å². The fourth-order valence-corrected chi connectivity index (χ4v) is 4.56. The van der Waals surface area contributed by atoms with Crippen molar-refractivity contribution in [3.63, 3.8) is 0 Å². The van der Waals surface area contributed by atoms with Crippen LogP contribution in [0.2, 0.25) is 0 Å². The van der Waals surface area contributed by atoms with Gasteiger partial charge in [0.2, 0.25) is 5.91 Å². The summed E-state index contributed by atoms with van der Waals surface area (Å²) >= 11 is 0. The zero-order chi connectivity index (χ0) is 20.9. The van der Waals surface area contributed by atoms with Crippen LogP contribution in [0.4, 0.5) is 11.4 Å². The molecule has 2 aliphatic heterocycles. The number of fused-ring (bicyclic) bond motifs is 1. The molecule has 0 radical (unpaired) electrons. The van der Waals surface area contributed by atoms with Crippen LogP contribution in [0.3, 0.4) is 0 Å². The van der Waals surface area contributed by atoms with E-state index in [2.05, 4.69) is 54.0 Å². The van der Waals surface area contributed by atoms with Gasteiger partial charge in [-0.15, -0.1) is 0 Å². The molecule has 0 N–H and O–H groups in total. The first-order valence-electron chi connectivity index (χ1n) is 11.2. The molecule has 0 aromatic heterocycles. The number of piperazine rings is 1. The lowest BCUT2D eigenvalue weighted by atomic mass is 9.99. The molecule has 2 aromatic carbocycles. The number of ether oxygens (including phenoxy) is 1. The molecule has 30 heavy (non-hydrogen) atoms. The van der Waals surface area contributed by atoms with Crippen LogP contribution < -0.4 is 14.5 Å². The Morgan fingerprint density at radius 3 is 2.43 bits per heavy atom. The SMILES string of the molecule is CC(C)N1C(=O)CCc2c(OCCCN3CCN(c4ccccc4)CC3)cccc21. The Morgan fingerprint density at radius 1 is 0.933 bits per heavy atom. The van der Waals surface area contributed by atoms with Crippen LogP contribution in [0.25, 0.3) is 0 Å². The Balaban J connectivity index is 1.26. The topological polar surface area (TPSA) is 36.0 Å². The quantitative estimate of drug-likeness (QED) is 0.651. The van der Waals surface area contributed by atoms with E-state index in [0.717, 1.165) is 57.0 Å². The molecule has 0 saturated carbocycles. The summed E-state index contributed by atoms with van der Waals surface area (Å²) in [4.78, 5) is 19.2. The molecule has 4 rings (SSSR count). The molecule has 0 bridgehead atoms. The summed E-state index contributed by atoms with van der Waals surface area (Å²) in [6.45, 7) is 10.3. The Labute approximate surface area is 180 Å². The smallest absolute Gasteiger partial charge is 0.227 e. The first-order chi connectivity index (χ1) is 14.6. The molecule has 5 heteroatoms. The van der Waals surface area contributed by atoms with Gasteiger partial charge in [0.1, 0.15) is 5.75 Å². The zero-order valence-electron chi connectivity index (χ0n) is 18.2. The van der Waals surface area contributed by atoms with Crippen LogP contribution in [0, 0.1) is 0 Å². The second kappa shape index (κ2) is 9.52. The molecule has 0 atom stereocenters. The number of amides is 1. The molecule has 1 amide bonds. The largest absolute Gasteiger partial charge is 0.493 e. The number of rotatable bonds is 7. The maximum absolute atomic E-state index is 12.3. The van der Waals surface area contributed by atoms with Crippen molar-refractivity contribution < 1.29 is 9.53 Å². The standard InChI is InChI=1S/C25H33N3O2/c1-20(2)28-23-10-6-11-24(22(23)12-13-25(28)29)30-19-7-14-26-15-17-27(18-16-26)21-8-4-3-5-9-21/h3-6,8-11,20H,7,12-19H2,1-2H3. The van der Waals surface area contributed by atoms with Crippen molar-refractivity contribution in [1.29, 1.82) is 0 Å². The van der Waals surface area contributed by atoms with E-state index in [1.54, 1.807) is 0 Å². The fourth-order valence-electron chi connectivity index (χ4n) is 4.56. The number of hydrogen-bond donors (Lipinski definition) is 0. The average Bonchev–Trinajstić information content (AvgIpc) is 2.77. The normalized spacial score (nSPS) is 17.4. The number of hydrogen-bond acceptors (Lipinski definition) is 4. The maximum atomic E-state index is 12.3. The summed E-state index contributed by atoms with van der Waals surface area (Å²) in [6.07, 6.45) is 2.36. The van der Waals surface area contributed by atoms with Gasteiger partial charge in [-0.05, 0) is 51.0 Å². The highest BCUT2D eigenvalue weighted by Crippen LogP contribution is 2.35. The van der Waals surface area contributed by atoms with Gasteiger partial charge in [-0.1, -0.05) is 24.3 Å². The summed E-state index contributed by atoms with van der Waals surface area (Å²) in [6, 6.07) is 16.9. The summed E-state index contributed by atoms with van der Waals surface area (Å²) in [7, 11) is 0. The van der Waals surface area contributed by atoms with Crippen LogP contribution in [0.1, 0.15) is 32.3 Å². The third-order valence-electron chi connectivity index (χ3n) is 6.11. The Morgan fingerprint density at radius 2 is 1.70 bits per heavy atom. The lowest BCUT2D eigenvalue weighted by Gasteiger charge is -2.36. The number of carbonyl (C=O) groups is 1. The number of para-hydroxylation sites is 1. The Hall–Kier alpha value is -2.53. The Kier molecular flexibility index (Phi) is 6.58. The van der Waals surface area contributed by atoms with Gasteiger partial charge >= 0.3 is 0 Å². The van der Waals surface area contributed by atoms with Gasteiger partial charge in [0.15, 0.2) is 0 Å². The van der Waals surface area contributed by atoms with Crippen LogP contribution in [-0.2, 0) is 11.2 Å². The van der Waals surface area contributed by atoms with E-state index in [9.17, 15) is 4.79 Å². The molecule has 0 unspecified atom stereocenters. The van der Waals surface area contributed by atoms with Crippen molar-refractivity contribution in [3.05, 3.63) is 54.1 Å². The minimum absolute atomic E-state index is 0.168. The number of benzene rings is 2. The minimum atomic E-state index is 0.168. The van der Waals surface area contributed by atoms with Gasteiger partial charge < -0.3 is 14.5 Å². The van der Waals surface area contributed by atoms with Crippen LogP contribution >= 0.6 is 0 Å². The molecule has 5 nitrogen and oxygen atoms in total. The molecule has 1 saturated heterocycles. The monoisotopic (exact) mass is 407 g/mol. The van der Waals surface area contributed by atoms with E-state index in [0.29, 0.717) is 13.0 Å². The van der Waals surface area contributed by atoms with E-state index in [4.69, 9.17) is 4.74 Å². The van der Waals surface area contributed by atoms with Gasteiger partial charge in [0, 0.05) is 56.4 Å². The lowest BCUT2D eigenvalue weighted by molar-refractivity contribution is -0.119. The van der Waals surface area contributed by atoms with Crippen LogP contribution in [0.5, 0.6) is 5.75 Å². The van der Waals surface area contributed by atoms with Crippen molar-refractivity contribution in [2.75, 3.05) is 49.1 Å². The molecule has 0 spiro atoms. The fraction of sp³-hybridized carbons (Fsp3) is 0.480.